The molecule has 7 nitrogen and oxygen atoms in total. The van der Waals surface area contributed by atoms with Gasteiger partial charge in [-0.1, -0.05) is 0 Å². The van der Waals surface area contributed by atoms with Crippen molar-refractivity contribution in [3.63, 3.8) is 0 Å². The van der Waals surface area contributed by atoms with Gasteiger partial charge in [0.15, 0.2) is 0 Å². The van der Waals surface area contributed by atoms with E-state index in [-0.39, 0.29) is 12.2 Å². The number of aromatic amines is 2. The normalized spacial score (nSPS) is 12.4. The van der Waals surface area contributed by atoms with Crippen LogP contribution in [0.25, 0.3) is 0 Å². The highest BCUT2D eigenvalue weighted by Crippen LogP contribution is 1.92. The highest BCUT2D eigenvalue weighted by molar-refractivity contribution is 5.37. The van der Waals surface area contributed by atoms with E-state index in [0.717, 1.165) is 0 Å². The molecule has 7 heteroatoms. The van der Waals surface area contributed by atoms with Crippen LogP contribution in [0, 0.1) is 0 Å². The standard InChI is InChI=1S/C7H11N3O4/c11-3-4(12)1-8-5-2-9-7(14)10-6(5)13/h2,4,8,11-12H,1,3H2,(H2,9,10,13,14). The molecule has 1 heterocycles. The molecule has 78 valence electrons. The molecule has 5 N–H and O–H groups in total. The van der Waals surface area contributed by atoms with Gasteiger partial charge in [-0.2, -0.15) is 0 Å². The Morgan fingerprint density at radius 2 is 2.21 bits per heavy atom. The van der Waals surface area contributed by atoms with Crippen molar-refractivity contribution in [2.24, 2.45) is 0 Å². The lowest BCUT2D eigenvalue weighted by atomic mass is 10.3. The molecule has 1 unspecified atom stereocenters. The van der Waals surface area contributed by atoms with Crippen LogP contribution < -0.4 is 16.6 Å². The zero-order valence-electron chi connectivity index (χ0n) is 7.28. The summed E-state index contributed by atoms with van der Waals surface area (Å²) in [5.74, 6) is 0. The fourth-order valence-corrected chi connectivity index (χ4v) is 0.833. The molecule has 1 atom stereocenters. The summed E-state index contributed by atoms with van der Waals surface area (Å²) in [7, 11) is 0. The topological polar surface area (TPSA) is 118 Å². The summed E-state index contributed by atoms with van der Waals surface area (Å²) in [4.78, 5) is 25.9. The van der Waals surface area contributed by atoms with Crippen molar-refractivity contribution < 1.29 is 10.2 Å². The van der Waals surface area contributed by atoms with Gasteiger partial charge in [0.2, 0.25) is 0 Å². The van der Waals surface area contributed by atoms with Crippen molar-refractivity contribution in [2.75, 3.05) is 18.5 Å². The van der Waals surface area contributed by atoms with Gasteiger partial charge in [0.1, 0.15) is 5.69 Å². The Kier molecular flexibility index (Phi) is 3.43. The minimum atomic E-state index is -0.943. The van der Waals surface area contributed by atoms with Gasteiger partial charge in [0.25, 0.3) is 5.56 Å². The zero-order valence-corrected chi connectivity index (χ0v) is 7.28. The van der Waals surface area contributed by atoms with Gasteiger partial charge >= 0.3 is 5.69 Å². The van der Waals surface area contributed by atoms with Crippen molar-refractivity contribution in [3.05, 3.63) is 27.0 Å². The molecule has 0 aliphatic heterocycles. The molecule has 1 rings (SSSR count). The van der Waals surface area contributed by atoms with Gasteiger partial charge in [-0.3, -0.25) is 9.78 Å². The number of anilines is 1. The van der Waals surface area contributed by atoms with Crippen LogP contribution >= 0.6 is 0 Å². The van der Waals surface area contributed by atoms with Crippen LogP contribution in [0.15, 0.2) is 15.8 Å². The largest absolute Gasteiger partial charge is 0.394 e. The predicted octanol–water partition coefficient (Wildman–Crippen LogP) is -2.17. The highest BCUT2D eigenvalue weighted by atomic mass is 16.3. The third-order valence-electron chi connectivity index (χ3n) is 1.56. The lowest BCUT2D eigenvalue weighted by Crippen LogP contribution is -2.29. The quantitative estimate of drug-likeness (QED) is 0.380. The van der Waals surface area contributed by atoms with Crippen LogP contribution in [-0.4, -0.2) is 39.4 Å². The molecular weight excluding hydrogens is 190 g/mol. The first-order valence-electron chi connectivity index (χ1n) is 3.98. The second-order valence-corrected chi connectivity index (χ2v) is 2.70. The molecule has 0 bridgehead atoms. The number of hydrogen-bond acceptors (Lipinski definition) is 5. The molecule has 0 aliphatic carbocycles. The van der Waals surface area contributed by atoms with Crippen LogP contribution in [0.3, 0.4) is 0 Å². The summed E-state index contributed by atoms with van der Waals surface area (Å²) in [6, 6.07) is 0. The number of H-pyrrole nitrogens is 2. The molecule has 0 spiro atoms. The maximum Gasteiger partial charge on any atom is 0.325 e. The van der Waals surface area contributed by atoms with E-state index in [4.69, 9.17) is 10.2 Å². The number of nitrogens with one attached hydrogen (secondary N) is 3. The molecule has 1 aromatic rings. The second kappa shape index (κ2) is 4.58. The molecule has 0 radical (unpaired) electrons. The van der Waals surface area contributed by atoms with E-state index in [9.17, 15) is 9.59 Å². The summed E-state index contributed by atoms with van der Waals surface area (Å²) >= 11 is 0. The Labute approximate surface area is 78.4 Å². The summed E-state index contributed by atoms with van der Waals surface area (Å²) in [5.41, 5.74) is -1.03. The SMILES string of the molecule is O=c1[nH]cc(NCC(O)CO)c(=O)[nH]1. The first kappa shape index (κ1) is 10.5. The average Bonchev–Trinajstić information content (AvgIpc) is 2.16. The molecule has 0 aromatic carbocycles. The number of hydrogen-bond donors (Lipinski definition) is 5. The molecule has 1 aromatic heterocycles. The van der Waals surface area contributed by atoms with Crippen LogP contribution in [-0.2, 0) is 0 Å². The van der Waals surface area contributed by atoms with Gasteiger partial charge < -0.3 is 20.5 Å². The van der Waals surface area contributed by atoms with Crippen molar-refractivity contribution in [1.29, 1.82) is 0 Å². The van der Waals surface area contributed by atoms with Crippen molar-refractivity contribution >= 4 is 5.69 Å². The summed E-state index contributed by atoms with van der Waals surface area (Å²) in [6.07, 6.45) is 0.256. The molecule has 14 heavy (non-hydrogen) atoms. The van der Waals surface area contributed by atoms with Crippen molar-refractivity contribution in [1.82, 2.24) is 9.97 Å². The number of rotatable bonds is 4. The summed E-state index contributed by atoms with van der Waals surface area (Å²) < 4.78 is 0. The van der Waals surface area contributed by atoms with E-state index in [1.807, 2.05) is 4.98 Å². The fourth-order valence-electron chi connectivity index (χ4n) is 0.833. The van der Waals surface area contributed by atoms with Crippen LogP contribution in [0.1, 0.15) is 0 Å². The minimum absolute atomic E-state index is 0.0334. The predicted molar refractivity (Wildman–Crippen MR) is 49.3 cm³/mol. The van der Waals surface area contributed by atoms with E-state index in [1.54, 1.807) is 0 Å². The first-order valence-corrected chi connectivity index (χ1v) is 3.98. The van der Waals surface area contributed by atoms with Gasteiger partial charge in [0, 0.05) is 12.7 Å². The lowest BCUT2D eigenvalue weighted by molar-refractivity contribution is 0.105. The number of aliphatic hydroxyl groups excluding tert-OH is 2. The Hall–Kier alpha value is -1.60. The molecule has 0 aliphatic rings. The Morgan fingerprint density at radius 1 is 1.50 bits per heavy atom. The molecule has 0 amide bonds. The third kappa shape index (κ3) is 2.71. The van der Waals surface area contributed by atoms with E-state index in [1.165, 1.54) is 6.20 Å². The Balaban J connectivity index is 2.68. The maximum absolute atomic E-state index is 11.1. The fraction of sp³-hybridized carbons (Fsp3) is 0.429. The third-order valence-corrected chi connectivity index (χ3v) is 1.56. The number of aliphatic hydroxyl groups is 2. The maximum atomic E-state index is 11.1. The van der Waals surface area contributed by atoms with Gasteiger partial charge in [-0.25, -0.2) is 4.79 Å². The lowest BCUT2D eigenvalue weighted by Gasteiger charge is -2.08. The van der Waals surface area contributed by atoms with Crippen LogP contribution in [0.5, 0.6) is 0 Å². The number of aromatic nitrogens is 2. The minimum Gasteiger partial charge on any atom is -0.394 e. The van der Waals surface area contributed by atoms with Crippen molar-refractivity contribution in [3.8, 4) is 0 Å². The monoisotopic (exact) mass is 201 g/mol. The molecule has 0 fully saturated rings. The van der Waals surface area contributed by atoms with Gasteiger partial charge in [-0.15, -0.1) is 0 Å². The summed E-state index contributed by atoms with van der Waals surface area (Å²) in [5, 5.41) is 20.0. The van der Waals surface area contributed by atoms with Gasteiger partial charge in [0.05, 0.1) is 12.7 Å². The average molecular weight is 201 g/mol. The molecule has 0 saturated carbocycles. The summed E-state index contributed by atoms with van der Waals surface area (Å²) in [6.45, 7) is -0.361. The van der Waals surface area contributed by atoms with E-state index >= 15 is 0 Å². The van der Waals surface area contributed by atoms with Crippen molar-refractivity contribution in [2.45, 2.75) is 6.10 Å². The highest BCUT2D eigenvalue weighted by Gasteiger charge is 2.03. The Bertz CT molecular complexity index is 396. The first-order chi connectivity index (χ1) is 6.63. The Morgan fingerprint density at radius 3 is 2.79 bits per heavy atom. The van der Waals surface area contributed by atoms with Crippen LogP contribution in [0.4, 0.5) is 5.69 Å². The molecular formula is C7H11N3O4. The van der Waals surface area contributed by atoms with Crippen LogP contribution in [0.2, 0.25) is 0 Å². The zero-order chi connectivity index (χ0) is 10.6. The second-order valence-electron chi connectivity index (χ2n) is 2.70. The molecule has 0 saturated heterocycles. The van der Waals surface area contributed by atoms with E-state index < -0.39 is 24.0 Å². The van der Waals surface area contributed by atoms with E-state index in [0.29, 0.717) is 0 Å². The van der Waals surface area contributed by atoms with E-state index in [2.05, 4.69) is 10.3 Å². The smallest absolute Gasteiger partial charge is 0.325 e. The van der Waals surface area contributed by atoms with Gasteiger partial charge in [-0.05, 0) is 0 Å².